The lowest BCUT2D eigenvalue weighted by atomic mass is 9.94. The van der Waals surface area contributed by atoms with Crippen molar-refractivity contribution in [2.24, 2.45) is 7.05 Å². The van der Waals surface area contributed by atoms with Crippen molar-refractivity contribution in [1.29, 1.82) is 0 Å². The number of amides is 2. The molecule has 3 aromatic rings. The SMILES string of the molecule is Cc1nn(C)cc1[C@H](C(=O)NC1CCCCC1)N(C(=O)[C@H]1COc2ccccc2O1)c1ccc(C(C)C)cc1. The number of anilines is 1. The molecule has 1 aliphatic heterocycles. The van der Waals surface area contributed by atoms with E-state index < -0.39 is 12.1 Å². The Morgan fingerprint density at radius 3 is 2.36 bits per heavy atom. The fraction of sp³-hybridized carbons (Fsp3) is 0.452. The lowest BCUT2D eigenvalue weighted by Gasteiger charge is -2.36. The molecular weight excluding hydrogens is 492 g/mol. The van der Waals surface area contributed by atoms with Gasteiger partial charge < -0.3 is 14.8 Å². The molecule has 8 heteroatoms. The molecule has 1 aromatic heterocycles. The predicted octanol–water partition coefficient (Wildman–Crippen LogP) is 5.22. The van der Waals surface area contributed by atoms with Crippen LogP contribution in [0, 0.1) is 6.92 Å². The van der Waals surface area contributed by atoms with E-state index in [1.165, 1.54) is 6.42 Å². The maximum atomic E-state index is 14.4. The number of nitrogens with zero attached hydrogens (tertiary/aromatic N) is 3. The second-order valence-electron chi connectivity index (χ2n) is 10.9. The first kappa shape index (κ1) is 26.8. The van der Waals surface area contributed by atoms with E-state index in [1.807, 2.05) is 62.6 Å². The lowest BCUT2D eigenvalue weighted by molar-refractivity contribution is -0.132. The molecule has 206 valence electrons. The van der Waals surface area contributed by atoms with Gasteiger partial charge >= 0.3 is 0 Å². The van der Waals surface area contributed by atoms with Gasteiger partial charge in [0.05, 0.1) is 5.69 Å². The second kappa shape index (κ2) is 11.5. The average Bonchev–Trinajstić information content (AvgIpc) is 3.28. The van der Waals surface area contributed by atoms with Gasteiger partial charge in [0.1, 0.15) is 12.6 Å². The van der Waals surface area contributed by atoms with Gasteiger partial charge in [-0.1, -0.05) is 57.4 Å². The van der Waals surface area contributed by atoms with Crippen molar-refractivity contribution in [3.05, 3.63) is 71.5 Å². The number of aryl methyl sites for hydroxylation is 2. The molecule has 1 saturated carbocycles. The molecule has 8 nitrogen and oxygen atoms in total. The van der Waals surface area contributed by atoms with Crippen molar-refractivity contribution in [2.45, 2.75) is 77.0 Å². The van der Waals surface area contributed by atoms with Crippen LogP contribution in [0.3, 0.4) is 0 Å². The molecule has 0 spiro atoms. The Balaban J connectivity index is 1.56. The minimum atomic E-state index is -0.918. The zero-order valence-electron chi connectivity index (χ0n) is 23.2. The van der Waals surface area contributed by atoms with Crippen LogP contribution in [0.25, 0.3) is 0 Å². The van der Waals surface area contributed by atoms with Gasteiger partial charge in [-0.2, -0.15) is 5.10 Å². The molecule has 2 aliphatic rings. The molecule has 39 heavy (non-hydrogen) atoms. The van der Waals surface area contributed by atoms with Crippen LogP contribution in [0.15, 0.2) is 54.7 Å². The molecule has 2 amide bonds. The molecule has 1 aliphatic carbocycles. The summed E-state index contributed by atoms with van der Waals surface area (Å²) in [6.45, 7) is 6.18. The summed E-state index contributed by atoms with van der Waals surface area (Å²) in [7, 11) is 1.82. The van der Waals surface area contributed by atoms with E-state index in [2.05, 4.69) is 24.3 Å². The summed E-state index contributed by atoms with van der Waals surface area (Å²) < 4.78 is 13.7. The van der Waals surface area contributed by atoms with E-state index in [-0.39, 0.29) is 24.5 Å². The maximum Gasteiger partial charge on any atom is 0.272 e. The molecule has 0 radical (unpaired) electrons. The number of ether oxygens (including phenoxy) is 2. The molecule has 2 aromatic carbocycles. The van der Waals surface area contributed by atoms with E-state index in [1.54, 1.807) is 15.6 Å². The Kier molecular flexibility index (Phi) is 7.91. The van der Waals surface area contributed by atoms with Crippen LogP contribution in [0.4, 0.5) is 5.69 Å². The van der Waals surface area contributed by atoms with Crippen LogP contribution in [-0.2, 0) is 16.6 Å². The van der Waals surface area contributed by atoms with Gasteiger partial charge in [0.2, 0.25) is 12.0 Å². The lowest BCUT2D eigenvalue weighted by Crippen LogP contribution is -2.52. The summed E-state index contributed by atoms with van der Waals surface area (Å²) in [6, 6.07) is 14.3. The summed E-state index contributed by atoms with van der Waals surface area (Å²) in [5.41, 5.74) is 3.16. The van der Waals surface area contributed by atoms with Crippen LogP contribution in [-0.4, -0.2) is 40.3 Å². The molecule has 2 heterocycles. The highest BCUT2D eigenvalue weighted by Gasteiger charge is 2.41. The highest BCUT2D eigenvalue weighted by atomic mass is 16.6. The smallest absolute Gasteiger partial charge is 0.272 e. The Morgan fingerprint density at radius 1 is 1.03 bits per heavy atom. The zero-order chi connectivity index (χ0) is 27.5. The first-order valence-electron chi connectivity index (χ1n) is 13.9. The minimum absolute atomic E-state index is 0.0550. The van der Waals surface area contributed by atoms with Crippen LogP contribution in [0.5, 0.6) is 11.5 Å². The fourth-order valence-electron chi connectivity index (χ4n) is 5.53. The summed E-state index contributed by atoms with van der Waals surface area (Å²) in [4.78, 5) is 30.1. The third-order valence-corrected chi connectivity index (χ3v) is 7.66. The topological polar surface area (TPSA) is 85.7 Å². The van der Waals surface area contributed by atoms with Crippen molar-refractivity contribution in [3.63, 3.8) is 0 Å². The van der Waals surface area contributed by atoms with E-state index in [9.17, 15) is 9.59 Å². The minimum Gasteiger partial charge on any atom is -0.485 e. The van der Waals surface area contributed by atoms with Crippen molar-refractivity contribution in [1.82, 2.24) is 15.1 Å². The van der Waals surface area contributed by atoms with E-state index in [0.29, 0.717) is 34.4 Å². The third kappa shape index (κ3) is 5.79. The summed E-state index contributed by atoms with van der Waals surface area (Å²) in [5.74, 6) is 0.896. The number of hydrogen-bond acceptors (Lipinski definition) is 5. The summed E-state index contributed by atoms with van der Waals surface area (Å²) in [5, 5.41) is 7.78. The average molecular weight is 531 g/mol. The molecule has 0 unspecified atom stereocenters. The van der Waals surface area contributed by atoms with Crippen LogP contribution in [0.2, 0.25) is 0 Å². The highest BCUT2D eigenvalue weighted by Crippen LogP contribution is 2.35. The first-order valence-corrected chi connectivity index (χ1v) is 13.9. The van der Waals surface area contributed by atoms with Gasteiger partial charge in [0.25, 0.3) is 5.91 Å². The van der Waals surface area contributed by atoms with Gasteiger partial charge in [0.15, 0.2) is 11.5 Å². The maximum absolute atomic E-state index is 14.4. The molecule has 2 atom stereocenters. The number of hydrogen-bond donors (Lipinski definition) is 1. The number of carbonyl (C=O) groups is 2. The molecule has 0 bridgehead atoms. The molecule has 5 rings (SSSR count). The molecule has 1 fully saturated rings. The Morgan fingerprint density at radius 2 is 1.72 bits per heavy atom. The second-order valence-corrected chi connectivity index (χ2v) is 10.9. The van der Waals surface area contributed by atoms with Crippen LogP contribution < -0.4 is 19.7 Å². The summed E-state index contributed by atoms with van der Waals surface area (Å²) in [6.07, 6.45) is 6.17. The van der Waals surface area contributed by atoms with Gasteiger partial charge in [-0.25, -0.2) is 0 Å². The highest BCUT2D eigenvalue weighted by molar-refractivity contribution is 6.03. The van der Waals surface area contributed by atoms with Gasteiger partial charge in [-0.3, -0.25) is 19.2 Å². The number of nitrogens with one attached hydrogen (secondary N) is 1. The normalized spacial score (nSPS) is 18.0. The number of fused-ring (bicyclic) bond motifs is 1. The number of carbonyl (C=O) groups excluding carboxylic acids is 2. The van der Waals surface area contributed by atoms with Crippen molar-refractivity contribution in [3.8, 4) is 11.5 Å². The Bertz CT molecular complexity index is 1310. The van der Waals surface area contributed by atoms with Gasteiger partial charge in [-0.05, 0) is 55.5 Å². The monoisotopic (exact) mass is 530 g/mol. The Hall–Kier alpha value is -3.81. The quantitative estimate of drug-likeness (QED) is 0.453. The predicted molar refractivity (Wildman–Crippen MR) is 150 cm³/mol. The number of aromatic nitrogens is 2. The van der Waals surface area contributed by atoms with E-state index in [4.69, 9.17) is 9.47 Å². The van der Waals surface area contributed by atoms with Crippen molar-refractivity contribution < 1.29 is 19.1 Å². The summed E-state index contributed by atoms with van der Waals surface area (Å²) >= 11 is 0. The van der Waals surface area contributed by atoms with Gasteiger partial charge in [-0.15, -0.1) is 0 Å². The largest absolute Gasteiger partial charge is 0.485 e. The van der Waals surface area contributed by atoms with Crippen LogP contribution >= 0.6 is 0 Å². The molecule has 0 saturated heterocycles. The van der Waals surface area contributed by atoms with E-state index in [0.717, 1.165) is 31.2 Å². The van der Waals surface area contributed by atoms with Gasteiger partial charge in [0, 0.05) is 30.5 Å². The van der Waals surface area contributed by atoms with Crippen molar-refractivity contribution >= 4 is 17.5 Å². The standard InChI is InChI=1S/C31H38N4O4/c1-20(2)22-14-16-24(17-15-22)35(31(37)28-19-38-26-12-8-9-13-27(26)39-28)29(25-18-34(4)33-21(25)3)30(36)32-23-10-6-5-7-11-23/h8-9,12-18,20,23,28-29H,5-7,10-11,19H2,1-4H3,(H,32,36)/t28-,29-/m1/s1. The molecule has 1 N–H and O–H groups in total. The molecular formula is C31H38N4O4. The zero-order valence-corrected chi connectivity index (χ0v) is 23.2. The number of para-hydroxylation sites is 2. The first-order chi connectivity index (χ1) is 18.8. The number of benzene rings is 2. The van der Waals surface area contributed by atoms with E-state index >= 15 is 0 Å². The Labute approximate surface area is 230 Å². The van der Waals surface area contributed by atoms with Crippen molar-refractivity contribution in [2.75, 3.05) is 11.5 Å². The number of rotatable bonds is 7. The fourth-order valence-corrected chi connectivity index (χ4v) is 5.53. The third-order valence-electron chi connectivity index (χ3n) is 7.66. The van der Waals surface area contributed by atoms with Crippen LogP contribution in [0.1, 0.15) is 74.7 Å².